The largest absolute Gasteiger partial charge is 0.352 e. The van der Waals surface area contributed by atoms with Gasteiger partial charge in [-0.25, -0.2) is 0 Å². The summed E-state index contributed by atoms with van der Waals surface area (Å²) in [5.41, 5.74) is 0.842. The summed E-state index contributed by atoms with van der Waals surface area (Å²) >= 11 is 0. The lowest BCUT2D eigenvalue weighted by molar-refractivity contribution is -0.0747. The Labute approximate surface area is 104 Å². The average Bonchev–Trinajstić information content (AvgIpc) is 2.29. The van der Waals surface area contributed by atoms with Crippen molar-refractivity contribution in [2.24, 2.45) is 0 Å². The molecule has 17 heavy (non-hydrogen) atoms. The maximum absolute atomic E-state index is 12.1. The lowest BCUT2D eigenvalue weighted by Gasteiger charge is -2.17. The van der Waals surface area contributed by atoms with Gasteiger partial charge in [0.2, 0.25) is 0 Å². The number of allylic oxidation sites excluding steroid dienone is 1. The third-order valence-electron chi connectivity index (χ3n) is 2.09. The monoisotopic (exact) mass is 266 g/mol. The van der Waals surface area contributed by atoms with E-state index in [1.807, 2.05) is 6.92 Å². The van der Waals surface area contributed by atoms with E-state index in [0.29, 0.717) is 13.2 Å². The van der Waals surface area contributed by atoms with Crippen LogP contribution >= 0.6 is 7.60 Å². The molecule has 0 N–H and O–H groups in total. The molecular formula is C11H23O5P. The molecule has 0 atom stereocenters. The van der Waals surface area contributed by atoms with E-state index in [1.54, 1.807) is 34.1 Å². The van der Waals surface area contributed by atoms with Crippen LogP contribution < -0.4 is 0 Å². The number of hydrogen-bond donors (Lipinski definition) is 0. The molecule has 0 saturated carbocycles. The summed E-state index contributed by atoms with van der Waals surface area (Å²) in [5, 5.41) is 0. The molecule has 0 radical (unpaired) electrons. The molecule has 0 aromatic carbocycles. The summed E-state index contributed by atoms with van der Waals surface area (Å²) < 4.78 is 32.7. The zero-order valence-corrected chi connectivity index (χ0v) is 12.2. The molecule has 102 valence electrons. The Kier molecular flexibility index (Phi) is 8.74. The highest BCUT2D eigenvalue weighted by Gasteiger charge is 2.22. The van der Waals surface area contributed by atoms with Gasteiger partial charge in [0.05, 0.1) is 19.4 Å². The van der Waals surface area contributed by atoms with Gasteiger partial charge in [0, 0.05) is 14.2 Å². The zero-order valence-electron chi connectivity index (χ0n) is 11.3. The van der Waals surface area contributed by atoms with E-state index in [-0.39, 0.29) is 6.16 Å². The maximum Gasteiger partial charge on any atom is 0.334 e. The van der Waals surface area contributed by atoms with Crippen LogP contribution in [0.4, 0.5) is 0 Å². The van der Waals surface area contributed by atoms with E-state index in [4.69, 9.17) is 18.5 Å². The summed E-state index contributed by atoms with van der Waals surface area (Å²) in [6.07, 6.45) is 1.57. The van der Waals surface area contributed by atoms with E-state index >= 15 is 0 Å². The molecule has 0 aromatic heterocycles. The topological polar surface area (TPSA) is 54.0 Å². The van der Waals surface area contributed by atoms with Crippen molar-refractivity contribution in [3.05, 3.63) is 11.6 Å². The minimum Gasteiger partial charge on any atom is -0.352 e. The lowest BCUT2D eigenvalue weighted by Crippen LogP contribution is -2.14. The maximum atomic E-state index is 12.1. The molecule has 0 saturated heterocycles. The van der Waals surface area contributed by atoms with Crippen LogP contribution in [0.2, 0.25) is 0 Å². The first-order valence-electron chi connectivity index (χ1n) is 5.63. The summed E-state index contributed by atoms with van der Waals surface area (Å²) in [4.78, 5) is 0. The fourth-order valence-corrected chi connectivity index (χ4v) is 2.94. The Morgan fingerprint density at radius 3 is 2.00 bits per heavy atom. The minimum absolute atomic E-state index is 0.226. The summed E-state index contributed by atoms with van der Waals surface area (Å²) in [6, 6.07) is 0. The normalized spacial score (nSPS) is 13.4. The van der Waals surface area contributed by atoms with Gasteiger partial charge >= 0.3 is 7.60 Å². The van der Waals surface area contributed by atoms with Crippen LogP contribution in [0, 0.1) is 0 Å². The van der Waals surface area contributed by atoms with Crippen molar-refractivity contribution in [3.63, 3.8) is 0 Å². The highest BCUT2D eigenvalue weighted by Crippen LogP contribution is 2.48. The minimum atomic E-state index is -3.02. The fourth-order valence-electron chi connectivity index (χ4n) is 1.36. The Balaban J connectivity index is 4.56. The molecule has 6 heteroatoms. The van der Waals surface area contributed by atoms with Gasteiger partial charge < -0.3 is 18.5 Å². The van der Waals surface area contributed by atoms with E-state index in [0.717, 1.165) is 5.57 Å². The highest BCUT2D eigenvalue weighted by atomic mass is 31.2. The summed E-state index contributed by atoms with van der Waals surface area (Å²) in [7, 11) is 0.0822. The SMILES string of the molecule is CCOP(=O)(CC=C(C)C(OC)OC)OCC. The predicted molar refractivity (Wildman–Crippen MR) is 67.3 cm³/mol. The van der Waals surface area contributed by atoms with Crippen molar-refractivity contribution in [2.45, 2.75) is 27.1 Å². The molecule has 0 aliphatic rings. The van der Waals surface area contributed by atoms with Crippen LogP contribution in [-0.4, -0.2) is 39.9 Å². The van der Waals surface area contributed by atoms with Crippen LogP contribution in [0.25, 0.3) is 0 Å². The molecular weight excluding hydrogens is 243 g/mol. The molecule has 0 heterocycles. The second kappa shape index (κ2) is 8.84. The van der Waals surface area contributed by atoms with Crippen LogP contribution in [-0.2, 0) is 23.1 Å². The molecule has 0 amide bonds. The smallest absolute Gasteiger partial charge is 0.334 e. The van der Waals surface area contributed by atoms with Crippen molar-refractivity contribution >= 4 is 7.60 Å². The van der Waals surface area contributed by atoms with Crippen molar-refractivity contribution < 1.29 is 23.1 Å². The van der Waals surface area contributed by atoms with Gasteiger partial charge in [-0.1, -0.05) is 6.08 Å². The highest BCUT2D eigenvalue weighted by molar-refractivity contribution is 7.54. The predicted octanol–water partition coefficient (Wildman–Crippen LogP) is 2.82. The molecule has 0 aliphatic heterocycles. The molecule has 5 nitrogen and oxygen atoms in total. The summed E-state index contributed by atoms with van der Waals surface area (Å²) in [6.45, 7) is 6.15. The van der Waals surface area contributed by atoms with Crippen LogP contribution in [0.3, 0.4) is 0 Å². The molecule has 0 rings (SSSR count). The summed E-state index contributed by atoms with van der Waals surface area (Å²) in [5.74, 6) is 0. The number of rotatable bonds is 9. The fraction of sp³-hybridized carbons (Fsp3) is 0.818. The van der Waals surface area contributed by atoms with Gasteiger partial charge in [0.15, 0.2) is 6.29 Å². The lowest BCUT2D eigenvalue weighted by atomic mass is 10.3. The molecule has 0 bridgehead atoms. The first-order valence-corrected chi connectivity index (χ1v) is 7.36. The Bertz CT molecular complexity index is 263. The van der Waals surface area contributed by atoms with E-state index in [2.05, 4.69) is 0 Å². The zero-order chi connectivity index (χ0) is 13.3. The van der Waals surface area contributed by atoms with Crippen LogP contribution in [0.15, 0.2) is 11.6 Å². The average molecular weight is 266 g/mol. The van der Waals surface area contributed by atoms with Crippen molar-refractivity contribution in [3.8, 4) is 0 Å². The van der Waals surface area contributed by atoms with E-state index in [9.17, 15) is 4.57 Å². The first kappa shape index (κ1) is 16.8. The van der Waals surface area contributed by atoms with Gasteiger partial charge in [-0.05, 0) is 26.3 Å². The number of ether oxygens (including phenoxy) is 2. The number of methoxy groups -OCH3 is 2. The van der Waals surface area contributed by atoms with Gasteiger partial charge in [0.1, 0.15) is 0 Å². The van der Waals surface area contributed by atoms with E-state index < -0.39 is 13.9 Å². The van der Waals surface area contributed by atoms with Crippen LogP contribution in [0.1, 0.15) is 20.8 Å². The second-order valence-electron chi connectivity index (χ2n) is 3.38. The van der Waals surface area contributed by atoms with E-state index in [1.165, 1.54) is 0 Å². The molecule has 0 fully saturated rings. The van der Waals surface area contributed by atoms with Crippen LogP contribution in [0.5, 0.6) is 0 Å². The molecule has 0 spiro atoms. The third-order valence-corrected chi connectivity index (χ3v) is 4.02. The standard InChI is InChI=1S/C11H23O5P/c1-6-15-17(12,16-7-2)9-8-10(3)11(13-4)14-5/h8,11H,6-7,9H2,1-5H3. The molecule has 0 aromatic rings. The Morgan fingerprint density at radius 1 is 1.18 bits per heavy atom. The van der Waals surface area contributed by atoms with Gasteiger partial charge in [-0.3, -0.25) is 4.57 Å². The van der Waals surface area contributed by atoms with Gasteiger partial charge in [-0.15, -0.1) is 0 Å². The third kappa shape index (κ3) is 6.34. The first-order chi connectivity index (χ1) is 8.02. The molecule has 0 aliphatic carbocycles. The van der Waals surface area contributed by atoms with Crippen molar-refractivity contribution in [2.75, 3.05) is 33.6 Å². The van der Waals surface area contributed by atoms with Crippen molar-refractivity contribution in [1.82, 2.24) is 0 Å². The van der Waals surface area contributed by atoms with Gasteiger partial charge in [0.25, 0.3) is 0 Å². The molecule has 0 unspecified atom stereocenters. The Morgan fingerprint density at radius 2 is 1.65 bits per heavy atom. The Hall–Kier alpha value is -0.190. The van der Waals surface area contributed by atoms with Gasteiger partial charge in [-0.2, -0.15) is 0 Å². The second-order valence-corrected chi connectivity index (χ2v) is 5.48. The van der Waals surface area contributed by atoms with Crippen molar-refractivity contribution in [1.29, 1.82) is 0 Å². The number of hydrogen-bond acceptors (Lipinski definition) is 5. The quantitative estimate of drug-likeness (QED) is 0.365.